The van der Waals surface area contributed by atoms with E-state index in [2.05, 4.69) is 26.0 Å². The molecule has 1 aliphatic rings. The molecular weight excluding hydrogens is 750 g/mol. The molecule has 7 rings (SSSR count). The molecule has 19 nitrogen and oxygen atoms in total. The molecule has 6 N–H and O–H groups in total. The Labute approximate surface area is 331 Å². The van der Waals surface area contributed by atoms with Crippen molar-refractivity contribution in [3.8, 4) is 11.5 Å². The molecule has 0 spiro atoms. The van der Waals surface area contributed by atoms with Crippen LogP contribution in [0.2, 0.25) is 0 Å². The minimum atomic E-state index is -0.689. The van der Waals surface area contributed by atoms with E-state index in [0.29, 0.717) is 75.9 Å². The topological polar surface area (TPSA) is 249 Å². The molecule has 0 fully saturated rings. The fourth-order valence-electron chi connectivity index (χ4n) is 6.73. The number of amides is 4. The minimum absolute atomic E-state index is 0.0444. The van der Waals surface area contributed by atoms with Crippen molar-refractivity contribution in [1.82, 2.24) is 39.2 Å². The Bertz CT molecular complexity index is 2600. The second-order valence-corrected chi connectivity index (χ2v) is 13.4. The number of hydrogen-bond acceptors (Lipinski definition) is 12. The highest BCUT2D eigenvalue weighted by atomic mass is 16.5. The van der Waals surface area contributed by atoms with Crippen molar-refractivity contribution in [1.29, 1.82) is 0 Å². The van der Waals surface area contributed by atoms with E-state index in [1.165, 1.54) is 12.1 Å². The average molecular weight is 794 g/mol. The van der Waals surface area contributed by atoms with E-state index in [9.17, 15) is 24.3 Å². The number of rotatable bonds is 10. The van der Waals surface area contributed by atoms with Crippen LogP contribution in [0.3, 0.4) is 0 Å². The second kappa shape index (κ2) is 16.6. The fourth-order valence-corrected chi connectivity index (χ4v) is 6.73. The minimum Gasteiger partial charge on any atom is -0.491 e. The highest BCUT2D eigenvalue weighted by Crippen LogP contribution is 2.34. The summed E-state index contributed by atoms with van der Waals surface area (Å²) in [5.41, 5.74) is 9.34. The molecule has 0 radical (unpaired) electrons. The zero-order valence-electron chi connectivity index (χ0n) is 32.4. The van der Waals surface area contributed by atoms with Gasteiger partial charge in [0.25, 0.3) is 17.7 Å². The monoisotopic (exact) mass is 793 g/mol. The number of aliphatic hydroxyl groups excluding tert-OH is 1. The van der Waals surface area contributed by atoms with Crippen LogP contribution >= 0.6 is 0 Å². The maximum atomic E-state index is 13.7. The molecule has 0 atom stereocenters. The number of anilines is 2. The third-order valence-corrected chi connectivity index (χ3v) is 9.33. The van der Waals surface area contributed by atoms with E-state index in [0.717, 1.165) is 0 Å². The van der Waals surface area contributed by atoms with Gasteiger partial charge >= 0.3 is 0 Å². The van der Waals surface area contributed by atoms with Gasteiger partial charge in [-0.15, -0.1) is 0 Å². The van der Waals surface area contributed by atoms with E-state index in [4.69, 9.17) is 29.6 Å². The fraction of sp³-hybridized carbons (Fsp3) is 0.333. The van der Waals surface area contributed by atoms with Crippen molar-refractivity contribution in [3.63, 3.8) is 0 Å². The molecule has 5 heterocycles. The van der Waals surface area contributed by atoms with Crippen LogP contribution in [-0.4, -0.2) is 89.0 Å². The zero-order chi connectivity index (χ0) is 41.1. The number of nitrogens with zero attached hydrogens (tertiary/aromatic N) is 7. The summed E-state index contributed by atoms with van der Waals surface area (Å²) < 4.78 is 23.3. The van der Waals surface area contributed by atoms with Crippen LogP contribution in [0.5, 0.6) is 11.5 Å². The molecule has 0 saturated carbocycles. The lowest BCUT2D eigenvalue weighted by molar-refractivity contribution is 0.0942. The normalized spacial score (nSPS) is 13.6. The van der Waals surface area contributed by atoms with Gasteiger partial charge in [-0.25, -0.2) is 15.0 Å². The standard InChI is InChI=1S/C39H43N11O8/c1-5-25-33(58-22(4)42-25)37(55)46-39-43-26-17-23(34(40)52)19-29-31(26)49(39)12-8-7-11-48-32-27(44-38(48)45-36(54)28-16-21(3)47-50(28)6-2)18-24(35(53)41-10-13-51)20-30(32)57-15-9-14-56-29/h7-8,16-20,51H,5-6,9-15H2,1-4H3,(H2,40,52)(H,41,53)(H,43,46,55)(H,44,45,54)/b8-7+. The van der Waals surface area contributed by atoms with Gasteiger partial charge in [0.2, 0.25) is 23.6 Å². The van der Waals surface area contributed by atoms with E-state index < -0.39 is 23.6 Å². The lowest BCUT2D eigenvalue weighted by Crippen LogP contribution is -2.26. The SMILES string of the molecule is CCc1nc(C)oc1C(=O)Nc1nc2cc(C(N)=O)cc3c2n1C/C=C/Cn1c(NC(=O)c2cc(C)nn2CC)nc2cc(C(=O)NCCO)cc(c21)OCCCO3. The largest absolute Gasteiger partial charge is 0.491 e. The van der Waals surface area contributed by atoms with Crippen LogP contribution in [0, 0.1) is 13.8 Å². The Balaban J connectivity index is 1.32. The number of aryl methyl sites for hydroxylation is 4. The van der Waals surface area contributed by atoms with Crippen molar-refractivity contribution in [2.45, 2.75) is 60.2 Å². The second-order valence-electron chi connectivity index (χ2n) is 13.4. The highest BCUT2D eigenvalue weighted by Gasteiger charge is 2.25. The predicted octanol–water partition coefficient (Wildman–Crippen LogP) is 3.51. The van der Waals surface area contributed by atoms with E-state index in [1.54, 1.807) is 45.9 Å². The molecule has 0 unspecified atom stereocenters. The maximum absolute atomic E-state index is 13.7. The van der Waals surface area contributed by atoms with Crippen molar-refractivity contribution in [2.24, 2.45) is 5.73 Å². The smallest absolute Gasteiger partial charge is 0.295 e. The number of aliphatic hydroxyl groups is 1. The summed E-state index contributed by atoms with van der Waals surface area (Å²) in [5.74, 6) is -0.750. The Morgan fingerprint density at radius 2 is 1.41 bits per heavy atom. The van der Waals surface area contributed by atoms with Gasteiger partial charge in [0.05, 0.1) is 42.2 Å². The number of hydrogen-bond donors (Lipinski definition) is 5. The lowest BCUT2D eigenvalue weighted by Gasteiger charge is -2.14. The molecule has 4 aromatic heterocycles. The molecule has 302 valence electrons. The van der Waals surface area contributed by atoms with Gasteiger partial charge in [0.15, 0.2) is 5.89 Å². The first-order chi connectivity index (χ1) is 28.0. The van der Waals surface area contributed by atoms with Crippen LogP contribution in [0.25, 0.3) is 22.1 Å². The number of carbonyl (C=O) groups excluding carboxylic acids is 4. The number of primary amides is 1. The molecule has 0 saturated heterocycles. The molecule has 58 heavy (non-hydrogen) atoms. The number of carbonyl (C=O) groups is 4. The molecule has 19 heteroatoms. The van der Waals surface area contributed by atoms with Gasteiger partial charge in [-0.1, -0.05) is 19.1 Å². The van der Waals surface area contributed by atoms with Gasteiger partial charge in [-0.05, 0) is 50.6 Å². The molecule has 1 aliphatic heterocycles. The number of ether oxygens (including phenoxy) is 2. The quantitative estimate of drug-likeness (QED) is 0.125. The Kier molecular flexibility index (Phi) is 11.2. The molecule has 4 amide bonds. The molecule has 0 bridgehead atoms. The summed E-state index contributed by atoms with van der Waals surface area (Å²) in [5, 5.41) is 22.2. The van der Waals surface area contributed by atoms with Gasteiger partial charge in [-0.3, -0.25) is 34.5 Å². The van der Waals surface area contributed by atoms with Crippen LogP contribution < -0.4 is 31.2 Å². The van der Waals surface area contributed by atoms with Crippen molar-refractivity contribution >= 4 is 57.6 Å². The van der Waals surface area contributed by atoms with Gasteiger partial charge in [0, 0.05) is 50.7 Å². The number of oxazole rings is 1. The summed E-state index contributed by atoms with van der Waals surface area (Å²) in [7, 11) is 0. The average Bonchev–Trinajstić information content (AvgIpc) is 3.96. The number of aromatic nitrogens is 7. The number of benzene rings is 2. The van der Waals surface area contributed by atoms with Crippen molar-refractivity contribution in [3.05, 3.63) is 82.3 Å². The van der Waals surface area contributed by atoms with Gasteiger partial charge in [-0.2, -0.15) is 5.10 Å². The van der Waals surface area contributed by atoms with Crippen LogP contribution in [0.15, 0.2) is 46.9 Å². The Morgan fingerprint density at radius 1 is 0.810 bits per heavy atom. The van der Waals surface area contributed by atoms with Crippen molar-refractivity contribution in [2.75, 3.05) is 37.0 Å². The number of nitrogens with one attached hydrogen (secondary N) is 3. The summed E-state index contributed by atoms with van der Waals surface area (Å²) in [4.78, 5) is 66.6. The summed E-state index contributed by atoms with van der Waals surface area (Å²) in [6.45, 7) is 8.07. The third kappa shape index (κ3) is 7.83. The number of allylic oxidation sites excluding steroid dienone is 2. The molecule has 0 aliphatic carbocycles. The molecule has 6 aromatic rings. The first-order valence-electron chi connectivity index (χ1n) is 18.8. The van der Waals surface area contributed by atoms with Crippen LogP contribution in [0.4, 0.5) is 11.9 Å². The first kappa shape index (κ1) is 39.2. The summed E-state index contributed by atoms with van der Waals surface area (Å²) >= 11 is 0. The summed E-state index contributed by atoms with van der Waals surface area (Å²) in [6.07, 6.45) is 4.50. The van der Waals surface area contributed by atoms with Crippen LogP contribution in [0.1, 0.15) is 79.3 Å². The zero-order valence-corrected chi connectivity index (χ0v) is 32.4. The van der Waals surface area contributed by atoms with E-state index in [1.807, 2.05) is 26.0 Å². The lowest BCUT2D eigenvalue weighted by atomic mass is 10.1. The van der Waals surface area contributed by atoms with Crippen molar-refractivity contribution < 1.29 is 38.2 Å². The van der Waals surface area contributed by atoms with Crippen LogP contribution in [-0.2, 0) is 26.1 Å². The number of imidazole rings is 2. The predicted molar refractivity (Wildman–Crippen MR) is 211 cm³/mol. The first-order valence-corrected chi connectivity index (χ1v) is 18.8. The maximum Gasteiger partial charge on any atom is 0.295 e. The molecular formula is C39H43N11O8. The Hall–Kier alpha value is -7.02. The molecule has 2 aromatic carbocycles. The van der Waals surface area contributed by atoms with Gasteiger partial charge in [0.1, 0.15) is 28.2 Å². The van der Waals surface area contributed by atoms with E-state index >= 15 is 0 Å². The number of nitrogens with two attached hydrogens (primary N) is 1. The highest BCUT2D eigenvalue weighted by molar-refractivity contribution is 6.05. The van der Waals surface area contributed by atoms with Gasteiger partial charge < -0.3 is 39.2 Å². The Morgan fingerprint density at radius 3 is 2.00 bits per heavy atom. The summed E-state index contributed by atoms with van der Waals surface area (Å²) in [6, 6.07) is 7.92. The third-order valence-electron chi connectivity index (χ3n) is 9.33. The van der Waals surface area contributed by atoms with E-state index in [-0.39, 0.29) is 68.2 Å².